The molecule has 26 heavy (non-hydrogen) atoms. The summed E-state index contributed by atoms with van der Waals surface area (Å²) in [6.07, 6.45) is -2.26. The van der Waals surface area contributed by atoms with E-state index in [9.17, 15) is 23.1 Å². The van der Waals surface area contributed by atoms with E-state index in [1.165, 1.54) is 24.3 Å². The summed E-state index contributed by atoms with van der Waals surface area (Å²) in [5.41, 5.74) is -0.340. The molecule has 2 aliphatic rings. The number of allylic oxidation sites excluding steroid dienone is 1. The van der Waals surface area contributed by atoms with E-state index in [4.69, 9.17) is 10.00 Å². The summed E-state index contributed by atoms with van der Waals surface area (Å²) >= 11 is 0. The van der Waals surface area contributed by atoms with Crippen LogP contribution in [0, 0.1) is 17.2 Å². The third kappa shape index (κ3) is 2.97. The summed E-state index contributed by atoms with van der Waals surface area (Å²) in [7, 11) is 0. The van der Waals surface area contributed by atoms with Crippen LogP contribution in [-0.4, -0.2) is 34.5 Å². The Bertz CT molecular complexity index is 770. The lowest BCUT2D eigenvalue weighted by Crippen LogP contribution is -2.63. The maximum atomic E-state index is 13.6. The highest BCUT2D eigenvalue weighted by molar-refractivity contribution is 5.79. The first-order chi connectivity index (χ1) is 12.3. The van der Waals surface area contributed by atoms with Gasteiger partial charge in [0.15, 0.2) is 6.61 Å². The van der Waals surface area contributed by atoms with Crippen molar-refractivity contribution in [3.63, 3.8) is 0 Å². The molecule has 0 unspecified atom stereocenters. The predicted octanol–water partition coefficient (Wildman–Crippen LogP) is 2.22. The van der Waals surface area contributed by atoms with Crippen molar-refractivity contribution in [3.05, 3.63) is 41.6 Å². The molecular weight excluding hydrogens is 351 g/mol. The number of aliphatic hydroxyl groups is 1. The first-order valence-electron chi connectivity index (χ1n) is 7.99. The van der Waals surface area contributed by atoms with E-state index in [-0.39, 0.29) is 22.9 Å². The largest absolute Gasteiger partial charge is 0.484 e. The molecule has 1 saturated heterocycles. The van der Waals surface area contributed by atoms with Gasteiger partial charge in [-0.3, -0.25) is 10.2 Å². The van der Waals surface area contributed by atoms with E-state index < -0.39 is 30.3 Å². The van der Waals surface area contributed by atoms with Gasteiger partial charge in [0.1, 0.15) is 5.75 Å². The number of nitrogens with zero attached hydrogens (tertiary/aromatic N) is 2. The molecular formula is C17H16F3N3O3. The predicted molar refractivity (Wildman–Crippen MR) is 83.1 cm³/mol. The quantitative estimate of drug-likeness (QED) is 0.856. The van der Waals surface area contributed by atoms with Crippen LogP contribution in [-0.2, 0) is 4.79 Å². The molecule has 0 bridgehead atoms. The van der Waals surface area contributed by atoms with Crippen LogP contribution < -0.4 is 10.2 Å². The van der Waals surface area contributed by atoms with Crippen molar-refractivity contribution in [2.45, 2.75) is 31.2 Å². The Kier molecular flexibility index (Phi) is 4.54. The first-order valence-corrected chi connectivity index (χ1v) is 7.99. The van der Waals surface area contributed by atoms with Crippen LogP contribution in [0.15, 0.2) is 36.0 Å². The molecule has 1 aliphatic carbocycles. The lowest BCUT2D eigenvalue weighted by atomic mass is 9.84. The number of ether oxygens (including phenoxy) is 1. The zero-order valence-electron chi connectivity index (χ0n) is 13.6. The normalized spacial score (nSPS) is 25.0. The minimum absolute atomic E-state index is 0.120. The standard InChI is InChI=1S/C17H16F3N3O3/c18-17(19,20)16(25)13-3-1-2-4-14(13)22-23(16)15(24)10-26-12-7-5-11(9-21)6-8-12/h4-8,13,22,25H,1-3,10H2/t13-,16-/m1/s1. The van der Waals surface area contributed by atoms with Gasteiger partial charge in [0, 0.05) is 5.70 Å². The molecule has 1 heterocycles. The third-order valence-corrected chi connectivity index (χ3v) is 4.52. The van der Waals surface area contributed by atoms with E-state index in [1.807, 2.05) is 6.07 Å². The molecule has 3 rings (SSSR count). The van der Waals surface area contributed by atoms with Gasteiger partial charge in [0.25, 0.3) is 11.6 Å². The van der Waals surface area contributed by atoms with Crippen LogP contribution >= 0.6 is 0 Å². The summed E-state index contributed by atoms with van der Waals surface area (Å²) < 4.78 is 46.0. The zero-order valence-corrected chi connectivity index (χ0v) is 13.6. The fourth-order valence-electron chi connectivity index (χ4n) is 3.20. The molecule has 0 radical (unpaired) electrons. The van der Waals surface area contributed by atoms with Gasteiger partial charge in [0.05, 0.1) is 17.6 Å². The monoisotopic (exact) mass is 367 g/mol. The number of hydrogen-bond donors (Lipinski definition) is 2. The van der Waals surface area contributed by atoms with E-state index >= 15 is 0 Å². The summed E-state index contributed by atoms with van der Waals surface area (Å²) in [6.45, 7) is -0.697. The van der Waals surface area contributed by atoms with E-state index in [2.05, 4.69) is 5.43 Å². The second-order valence-electron chi connectivity index (χ2n) is 6.13. The van der Waals surface area contributed by atoms with Crippen LogP contribution in [0.5, 0.6) is 5.75 Å². The van der Waals surface area contributed by atoms with Crippen molar-refractivity contribution in [2.75, 3.05) is 6.61 Å². The van der Waals surface area contributed by atoms with Crippen molar-refractivity contribution in [1.29, 1.82) is 5.26 Å². The number of halogens is 3. The minimum Gasteiger partial charge on any atom is -0.484 e. The lowest BCUT2D eigenvalue weighted by Gasteiger charge is -2.37. The van der Waals surface area contributed by atoms with Gasteiger partial charge in [-0.05, 0) is 43.5 Å². The molecule has 138 valence electrons. The highest BCUT2D eigenvalue weighted by atomic mass is 19.4. The summed E-state index contributed by atoms with van der Waals surface area (Å²) in [5.74, 6) is -2.07. The maximum Gasteiger partial charge on any atom is 0.439 e. The number of hydrogen-bond acceptors (Lipinski definition) is 5. The number of carbonyl (C=O) groups is 1. The van der Waals surface area contributed by atoms with Gasteiger partial charge in [-0.15, -0.1) is 0 Å². The number of alkyl halides is 3. The van der Waals surface area contributed by atoms with Gasteiger partial charge in [-0.1, -0.05) is 6.08 Å². The zero-order chi connectivity index (χ0) is 18.9. The fraction of sp³-hybridized carbons (Fsp3) is 0.412. The van der Waals surface area contributed by atoms with Crippen LogP contribution in [0.3, 0.4) is 0 Å². The lowest BCUT2D eigenvalue weighted by molar-refractivity contribution is -0.319. The molecule has 9 heteroatoms. The SMILES string of the molecule is N#Cc1ccc(OCC(=O)N2NC3=CCCC[C@H]3[C@@]2(O)C(F)(F)F)cc1. The Morgan fingerprint density at radius 1 is 1.42 bits per heavy atom. The number of hydrazine groups is 1. The van der Waals surface area contributed by atoms with E-state index in [0.717, 1.165) is 0 Å². The number of fused-ring (bicyclic) bond motifs is 1. The van der Waals surface area contributed by atoms with Gasteiger partial charge >= 0.3 is 6.18 Å². The van der Waals surface area contributed by atoms with Crippen LogP contribution in [0.2, 0.25) is 0 Å². The van der Waals surface area contributed by atoms with Crippen LogP contribution in [0.25, 0.3) is 0 Å². The topological polar surface area (TPSA) is 85.6 Å². The van der Waals surface area contributed by atoms with Crippen LogP contribution in [0.4, 0.5) is 13.2 Å². The van der Waals surface area contributed by atoms with Gasteiger partial charge in [-0.25, -0.2) is 5.01 Å². The van der Waals surface area contributed by atoms with Crippen molar-refractivity contribution in [1.82, 2.24) is 10.4 Å². The molecule has 1 aliphatic heterocycles. The highest BCUT2D eigenvalue weighted by Crippen LogP contribution is 2.48. The van der Waals surface area contributed by atoms with Crippen molar-refractivity contribution in [2.24, 2.45) is 5.92 Å². The van der Waals surface area contributed by atoms with Gasteiger partial charge in [0.2, 0.25) is 0 Å². The first kappa shape index (κ1) is 18.1. The van der Waals surface area contributed by atoms with Crippen LogP contribution in [0.1, 0.15) is 24.8 Å². The number of nitrogens with one attached hydrogen (secondary N) is 1. The maximum absolute atomic E-state index is 13.6. The summed E-state index contributed by atoms with van der Waals surface area (Å²) in [4.78, 5) is 12.3. The number of rotatable bonds is 3. The molecule has 1 aromatic carbocycles. The van der Waals surface area contributed by atoms with E-state index in [0.29, 0.717) is 18.4 Å². The number of nitriles is 1. The van der Waals surface area contributed by atoms with Crippen molar-refractivity contribution >= 4 is 5.91 Å². The Labute approximate surface area is 147 Å². The second-order valence-corrected chi connectivity index (χ2v) is 6.13. The van der Waals surface area contributed by atoms with Crippen molar-refractivity contribution < 1.29 is 27.8 Å². The molecule has 0 saturated carbocycles. The Morgan fingerprint density at radius 3 is 2.73 bits per heavy atom. The fourth-order valence-corrected chi connectivity index (χ4v) is 3.20. The van der Waals surface area contributed by atoms with Gasteiger partial charge < -0.3 is 9.84 Å². The van der Waals surface area contributed by atoms with E-state index in [1.54, 1.807) is 6.08 Å². The van der Waals surface area contributed by atoms with Crippen molar-refractivity contribution in [3.8, 4) is 11.8 Å². The molecule has 2 atom stereocenters. The van der Waals surface area contributed by atoms with Gasteiger partial charge in [-0.2, -0.15) is 18.4 Å². The smallest absolute Gasteiger partial charge is 0.439 e. The Morgan fingerprint density at radius 2 is 2.12 bits per heavy atom. The average Bonchev–Trinajstić information content (AvgIpc) is 2.94. The average molecular weight is 367 g/mol. The molecule has 0 spiro atoms. The summed E-state index contributed by atoms with van der Waals surface area (Å²) in [5, 5.41) is 19.4. The minimum atomic E-state index is -5.03. The Balaban J connectivity index is 1.77. The molecule has 1 amide bonds. The molecule has 6 nitrogen and oxygen atoms in total. The second kappa shape index (κ2) is 6.53. The number of carbonyl (C=O) groups excluding carboxylic acids is 1. The molecule has 1 fully saturated rings. The third-order valence-electron chi connectivity index (χ3n) is 4.52. The molecule has 2 N–H and O–H groups in total. The summed E-state index contributed by atoms with van der Waals surface area (Å²) in [6, 6.07) is 7.69. The number of amides is 1. The molecule has 0 aromatic heterocycles. The molecule has 1 aromatic rings. The highest BCUT2D eigenvalue weighted by Gasteiger charge is 2.68. The number of benzene rings is 1. The Hall–Kier alpha value is -2.73.